The molecule has 34 heavy (non-hydrogen) atoms. The van der Waals surface area contributed by atoms with E-state index in [9.17, 15) is 0 Å². The van der Waals surface area contributed by atoms with Gasteiger partial charge in [-0.25, -0.2) is 0 Å². The normalized spacial score (nSPS) is 19.4. The first-order valence-corrected chi connectivity index (χ1v) is 13.7. The van der Waals surface area contributed by atoms with Crippen molar-refractivity contribution in [1.29, 1.82) is 0 Å². The summed E-state index contributed by atoms with van der Waals surface area (Å²) in [6, 6.07) is 8.88. The molecule has 0 unspecified atom stereocenters. The average Bonchev–Trinajstić information content (AvgIpc) is 2.63. The maximum Gasteiger partial charge on any atom is 0.536 e. The van der Waals surface area contributed by atoms with E-state index in [4.69, 9.17) is 9.05 Å². The van der Waals surface area contributed by atoms with Crippen LogP contribution in [0.4, 0.5) is 4.20 Å². The van der Waals surface area contributed by atoms with Crippen LogP contribution in [0, 0.1) is 0 Å². The third-order valence-electron chi connectivity index (χ3n) is 6.88. The van der Waals surface area contributed by atoms with Crippen molar-refractivity contribution in [3.05, 3.63) is 57.6 Å². The van der Waals surface area contributed by atoms with Crippen molar-refractivity contribution in [2.45, 2.75) is 118 Å². The Balaban J connectivity index is 2.44. The smallest absolute Gasteiger partial charge is 0.275 e. The summed E-state index contributed by atoms with van der Waals surface area (Å²) in [5.41, 5.74) is 6.19. The number of halogens is 1. The molecule has 1 heterocycles. The van der Waals surface area contributed by atoms with Gasteiger partial charge in [0.15, 0.2) is 11.5 Å². The summed E-state index contributed by atoms with van der Waals surface area (Å²) in [5, 5.41) is 0. The summed E-state index contributed by atoms with van der Waals surface area (Å²) >= 11 is 0. The number of rotatable bonds is 0. The molecule has 0 aliphatic carbocycles. The highest BCUT2D eigenvalue weighted by Gasteiger charge is 2.39. The van der Waals surface area contributed by atoms with Gasteiger partial charge in [-0.1, -0.05) is 114 Å². The molecule has 188 valence electrons. The van der Waals surface area contributed by atoms with Gasteiger partial charge in [0, 0.05) is 32.4 Å². The summed E-state index contributed by atoms with van der Waals surface area (Å²) in [5.74, 6) is 1.31. The lowest BCUT2D eigenvalue weighted by Crippen LogP contribution is -2.22. The highest BCUT2D eigenvalue weighted by molar-refractivity contribution is 7.42. The molecule has 2 nitrogen and oxygen atoms in total. The predicted molar refractivity (Wildman–Crippen MR) is 146 cm³/mol. The van der Waals surface area contributed by atoms with Gasteiger partial charge in [-0.3, -0.25) is 9.05 Å². The summed E-state index contributed by atoms with van der Waals surface area (Å²) in [4.78, 5) is 0. The molecule has 4 heteroatoms. The Hall–Kier alpha value is -1.60. The monoisotopic (exact) mass is 487 g/mol. The molecule has 0 saturated heterocycles. The Kier molecular flexibility index (Phi) is 6.76. The minimum Gasteiger partial charge on any atom is -0.275 e. The van der Waals surface area contributed by atoms with Gasteiger partial charge in [0.1, 0.15) is 0 Å². The van der Waals surface area contributed by atoms with E-state index in [-0.39, 0.29) is 27.6 Å². The Morgan fingerprint density at radius 1 is 0.588 bits per heavy atom. The van der Waals surface area contributed by atoms with Crippen LogP contribution in [0.15, 0.2) is 24.3 Å². The molecule has 3 rings (SSSR count). The molecule has 0 atom stereocenters. The SMILES string of the molecule is CC1c2cc(C(C)(C)C)cc(C(C)(C)C)c2O[PH+](F)Oc2c1cc(C(C)(C)C)cc2C(C)(C)C. The van der Waals surface area contributed by atoms with E-state index in [2.05, 4.69) is 114 Å². The second-order valence-electron chi connectivity index (χ2n) is 14.0. The molecule has 2 aromatic rings. The molecule has 0 saturated carbocycles. The van der Waals surface area contributed by atoms with Crippen molar-refractivity contribution in [2.24, 2.45) is 0 Å². The zero-order valence-corrected chi connectivity index (χ0v) is 24.6. The third-order valence-corrected chi connectivity index (χ3v) is 7.61. The summed E-state index contributed by atoms with van der Waals surface area (Å²) < 4.78 is 27.7. The summed E-state index contributed by atoms with van der Waals surface area (Å²) in [7, 11) is -3.06. The van der Waals surface area contributed by atoms with Crippen LogP contribution < -0.4 is 9.05 Å². The van der Waals surface area contributed by atoms with E-state index in [1.807, 2.05) is 0 Å². The van der Waals surface area contributed by atoms with Crippen molar-refractivity contribution in [3.63, 3.8) is 0 Å². The van der Waals surface area contributed by atoms with Crippen molar-refractivity contribution < 1.29 is 13.2 Å². The van der Waals surface area contributed by atoms with Crippen LogP contribution in [0.2, 0.25) is 0 Å². The van der Waals surface area contributed by atoms with Gasteiger partial charge >= 0.3 is 8.69 Å². The van der Waals surface area contributed by atoms with Crippen molar-refractivity contribution in [2.75, 3.05) is 0 Å². The lowest BCUT2D eigenvalue weighted by Gasteiger charge is -2.33. The van der Waals surface area contributed by atoms with E-state index in [1.165, 1.54) is 11.1 Å². The first-order chi connectivity index (χ1) is 15.2. The lowest BCUT2D eigenvalue weighted by molar-refractivity contribution is 0.405. The highest BCUT2D eigenvalue weighted by atomic mass is 31.2. The Bertz CT molecular complexity index is 990. The fourth-order valence-electron chi connectivity index (χ4n) is 4.50. The maximum atomic E-state index is 15.6. The summed E-state index contributed by atoms with van der Waals surface area (Å²) in [6.07, 6.45) is 0. The molecule has 0 amide bonds. The Morgan fingerprint density at radius 3 is 1.18 bits per heavy atom. The molecule has 2 aromatic carbocycles. The number of hydrogen-bond donors (Lipinski definition) is 0. The van der Waals surface area contributed by atoms with Crippen LogP contribution in [-0.4, -0.2) is 0 Å². The molecule has 0 N–H and O–H groups in total. The standard InChI is InChI=1S/C30H45FO2P/c1-18-21-14-19(27(2,3)4)16-23(29(8,9)10)25(21)32-34(31)33-26-22(18)15-20(28(5,6)7)17-24(26)30(11,12)13/h14-18,34H,1-13H3/q+1. The molecule has 0 radical (unpaired) electrons. The minimum atomic E-state index is -3.06. The van der Waals surface area contributed by atoms with E-state index < -0.39 is 8.69 Å². The second-order valence-corrected chi connectivity index (χ2v) is 14.9. The second kappa shape index (κ2) is 8.51. The molecule has 0 spiro atoms. The van der Waals surface area contributed by atoms with Crippen LogP contribution in [0.25, 0.3) is 0 Å². The topological polar surface area (TPSA) is 18.5 Å². The first kappa shape index (κ1) is 27.0. The number of hydrogen-bond acceptors (Lipinski definition) is 2. The van der Waals surface area contributed by atoms with Crippen molar-refractivity contribution in [3.8, 4) is 11.5 Å². The average molecular weight is 488 g/mol. The highest BCUT2D eigenvalue weighted by Crippen LogP contribution is 2.55. The van der Waals surface area contributed by atoms with E-state index >= 15 is 4.20 Å². The largest absolute Gasteiger partial charge is 0.536 e. The Morgan fingerprint density at radius 2 is 0.912 bits per heavy atom. The third kappa shape index (κ3) is 5.30. The number of fused-ring (bicyclic) bond motifs is 2. The van der Waals surface area contributed by atoms with Gasteiger partial charge in [-0.15, -0.1) is 0 Å². The molecular formula is C30H45FO2P+. The molecule has 0 aromatic heterocycles. The van der Waals surface area contributed by atoms with Gasteiger partial charge in [-0.05, 0) is 32.8 Å². The molecule has 0 fully saturated rings. The van der Waals surface area contributed by atoms with Crippen molar-refractivity contribution in [1.82, 2.24) is 0 Å². The fourth-order valence-corrected chi connectivity index (χ4v) is 5.32. The van der Waals surface area contributed by atoms with Crippen LogP contribution in [0.5, 0.6) is 11.5 Å². The molecule has 0 bridgehead atoms. The molecule has 1 aliphatic heterocycles. The van der Waals surface area contributed by atoms with E-state index in [0.29, 0.717) is 11.5 Å². The molecular weight excluding hydrogens is 442 g/mol. The van der Waals surface area contributed by atoms with Gasteiger partial charge in [-0.2, -0.15) is 0 Å². The first-order valence-electron chi connectivity index (χ1n) is 12.5. The van der Waals surface area contributed by atoms with E-state index in [1.54, 1.807) is 0 Å². The maximum absolute atomic E-state index is 15.6. The zero-order chi connectivity index (χ0) is 26.0. The van der Waals surface area contributed by atoms with Crippen LogP contribution in [0.3, 0.4) is 0 Å². The number of benzene rings is 2. The summed E-state index contributed by atoms with van der Waals surface area (Å²) in [6.45, 7) is 28.6. The molecule has 1 aliphatic rings. The minimum absolute atomic E-state index is 0.00750. The van der Waals surface area contributed by atoms with Gasteiger partial charge in [0.2, 0.25) is 0 Å². The van der Waals surface area contributed by atoms with Gasteiger partial charge in [0.25, 0.3) is 0 Å². The Labute approximate surface area is 208 Å². The van der Waals surface area contributed by atoms with Crippen LogP contribution in [0.1, 0.15) is 129 Å². The zero-order valence-electron chi connectivity index (χ0n) is 23.6. The quantitative estimate of drug-likeness (QED) is 0.344. The predicted octanol–water partition coefficient (Wildman–Crippen LogP) is 9.73. The van der Waals surface area contributed by atoms with Gasteiger partial charge < -0.3 is 0 Å². The van der Waals surface area contributed by atoms with Crippen molar-refractivity contribution >= 4 is 8.69 Å². The lowest BCUT2D eigenvalue weighted by atomic mass is 9.74. The van der Waals surface area contributed by atoms with Gasteiger partial charge in [0.05, 0.1) is 0 Å². The van der Waals surface area contributed by atoms with Crippen LogP contribution >= 0.6 is 8.69 Å². The fraction of sp³-hybridized carbons (Fsp3) is 0.600. The van der Waals surface area contributed by atoms with Crippen LogP contribution in [-0.2, 0) is 21.7 Å². The van der Waals surface area contributed by atoms with E-state index in [0.717, 1.165) is 22.3 Å².